The molecule has 0 spiro atoms. The Morgan fingerprint density at radius 3 is 2.27 bits per heavy atom. The lowest BCUT2D eigenvalue weighted by Gasteiger charge is -2.34. The van der Waals surface area contributed by atoms with Gasteiger partial charge in [-0.05, 0) is 41.9 Å². The Balaban J connectivity index is 1.96. The molecule has 0 aliphatic carbocycles. The van der Waals surface area contributed by atoms with Gasteiger partial charge < -0.3 is 9.84 Å². The van der Waals surface area contributed by atoms with Crippen LogP contribution in [-0.2, 0) is 11.7 Å². The standard InChI is InChI=1S/C25H29ClNO2P/c1-4-25(5-2,21-15-11-16-22(29-3)24(21)28)30-23-17-10-9-12-19(23)18-27(26)20-13-7-6-8-14-20/h6-17,28,30H,4-5,18H2,1-3H3. The summed E-state index contributed by atoms with van der Waals surface area (Å²) in [5.74, 6) is 0.768. The summed E-state index contributed by atoms with van der Waals surface area (Å²) >= 11 is 6.61. The molecule has 0 amide bonds. The fourth-order valence-electron chi connectivity index (χ4n) is 3.82. The number of methoxy groups -OCH3 is 1. The zero-order chi connectivity index (χ0) is 21.6. The van der Waals surface area contributed by atoms with Crippen molar-refractivity contribution in [2.75, 3.05) is 11.5 Å². The van der Waals surface area contributed by atoms with Crippen LogP contribution in [-0.4, -0.2) is 12.2 Å². The minimum atomic E-state index is -0.168. The van der Waals surface area contributed by atoms with E-state index in [0.717, 1.165) is 24.1 Å². The van der Waals surface area contributed by atoms with Gasteiger partial charge in [0, 0.05) is 22.5 Å². The number of phenols is 1. The first kappa shape index (κ1) is 22.5. The van der Waals surface area contributed by atoms with Crippen LogP contribution >= 0.6 is 20.4 Å². The van der Waals surface area contributed by atoms with Crippen LogP contribution in [0.25, 0.3) is 0 Å². The molecule has 0 saturated carbocycles. The molecule has 1 N–H and O–H groups in total. The number of hydrogen-bond donors (Lipinski definition) is 1. The SMILES string of the molecule is CCC(CC)(Pc1ccccc1CN(Cl)c1ccccc1)c1cccc(OC)c1O. The predicted molar refractivity (Wildman–Crippen MR) is 130 cm³/mol. The van der Waals surface area contributed by atoms with E-state index >= 15 is 0 Å². The van der Waals surface area contributed by atoms with E-state index in [1.165, 1.54) is 10.9 Å². The van der Waals surface area contributed by atoms with Gasteiger partial charge in [0.1, 0.15) is 0 Å². The molecule has 5 heteroatoms. The van der Waals surface area contributed by atoms with Crippen LogP contribution in [0.1, 0.15) is 37.8 Å². The van der Waals surface area contributed by atoms with Gasteiger partial charge >= 0.3 is 0 Å². The van der Waals surface area contributed by atoms with Crippen molar-refractivity contribution >= 4 is 31.3 Å². The van der Waals surface area contributed by atoms with Gasteiger partial charge in [-0.15, -0.1) is 0 Å². The summed E-state index contributed by atoms with van der Waals surface area (Å²) in [6, 6.07) is 24.2. The Morgan fingerprint density at radius 1 is 0.933 bits per heavy atom. The molecule has 0 heterocycles. The summed E-state index contributed by atoms with van der Waals surface area (Å²) in [6.07, 6.45) is 1.83. The van der Waals surface area contributed by atoms with Crippen LogP contribution in [0.3, 0.4) is 0 Å². The summed E-state index contributed by atoms with van der Waals surface area (Å²) in [5.41, 5.74) is 3.12. The van der Waals surface area contributed by atoms with Crippen molar-refractivity contribution in [1.82, 2.24) is 0 Å². The number of rotatable bonds is 9. The Bertz CT molecular complexity index is 960. The maximum atomic E-state index is 10.9. The molecule has 1 unspecified atom stereocenters. The second kappa shape index (κ2) is 10.2. The van der Waals surface area contributed by atoms with E-state index in [4.69, 9.17) is 16.5 Å². The number of benzene rings is 3. The van der Waals surface area contributed by atoms with Crippen LogP contribution in [0.5, 0.6) is 11.5 Å². The van der Waals surface area contributed by atoms with Crippen molar-refractivity contribution in [3.63, 3.8) is 0 Å². The van der Waals surface area contributed by atoms with E-state index in [-0.39, 0.29) is 10.9 Å². The minimum absolute atomic E-state index is 0.168. The van der Waals surface area contributed by atoms with Crippen molar-refractivity contribution in [2.24, 2.45) is 0 Å². The molecule has 0 radical (unpaired) electrons. The fraction of sp³-hybridized carbons (Fsp3) is 0.280. The highest BCUT2D eigenvalue weighted by atomic mass is 35.5. The third kappa shape index (κ3) is 4.74. The van der Waals surface area contributed by atoms with E-state index in [2.05, 4.69) is 38.1 Å². The minimum Gasteiger partial charge on any atom is -0.504 e. The van der Waals surface area contributed by atoms with Gasteiger partial charge in [0.15, 0.2) is 11.5 Å². The van der Waals surface area contributed by atoms with E-state index in [1.807, 2.05) is 42.5 Å². The predicted octanol–water partition coefficient (Wildman–Crippen LogP) is 6.58. The Kier molecular flexibility index (Phi) is 7.64. The number of hydrogen-bond acceptors (Lipinski definition) is 3. The van der Waals surface area contributed by atoms with Crippen LogP contribution in [0, 0.1) is 0 Å². The van der Waals surface area contributed by atoms with E-state index in [1.54, 1.807) is 17.6 Å². The molecule has 3 rings (SSSR count). The zero-order valence-electron chi connectivity index (χ0n) is 17.7. The van der Waals surface area contributed by atoms with Crippen molar-refractivity contribution in [3.05, 3.63) is 83.9 Å². The molecule has 30 heavy (non-hydrogen) atoms. The van der Waals surface area contributed by atoms with Crippen molar-refractivity contribution in [2.45, 2.75) is 38.4 Å². The molecule has 0 aliphatic rings. The Hall–Kier alpha value is -2.22. The third-order valence-electron chi connectivity index (χ3n) is 5.68. The summed E-state index contributed by atoms with van der Waals surface area (Å²) in [6.45, 7) is 4.99. The maximum absolute atomic E-state index is 10.9. The molecule has 1 atom stereocenters. The molecule has 0 saturated heterocycles. The summed E-state index contributed by atoms with van der Waals surface area (Å²) in [5, 5.41) is 12.0. The lowest BCUT2D eigenvalue weighted by molar-refractivity contribution is 0.365. The van der Waals surface area contributed by atoms with E-state index in [0.29, 0.717) is 20.9 Å². The van der Waals surface area contributed by atoms with E-state index < -0.39 is 0 Å². The highest BCUT2D eigenvalue weighted by Gasteiger charge is 2.33. The van der Waals surface area contributed by atoms with Gasteiger partial charge in [-0.25, -0.2) is 0 Å². The van der Waals surface area contributed by atoms with Crippen LogP contribution in [0.2, 0.25) is 0 Å². The quantitative estimate of drug-likeness (QED) is 0.300. The smallest absolute Gasteiger partial charge is 0.161 e. The Morgan fingerprint density at radius 2 is 1.60 bits per heavy atom. The van der Waals surface area contributed by atoms with Crippen LogP contribution in [0.4, 0.5) is 5.69 Å². The van der Waals surface area contributed by atoms with E-state index in [9.17, 15) is 5.11 Å². The van der Waals surface area contributed by atoms with Gasteiger partial charge in [-0.1, -0.05) is 77.0 Å². The first-order chi connectivity index (χ1) is 14.5. The van der Waals surface area contributed by atoms with Gasteiger partial charge in [-0.3, -0.25) is 4.42 Å². The van der Waals surface area contributed by atoms with Crippen LogP contribution in [0.15, 0.2) is 72.8 Å². The second-order valence-corrected chi connectivity index (χ2v) is 9.44. The van der Waals surface area contributed by atoms with Crippen molar-refractivity contribution < 1.29 is 9.84 Å². The van der Waals surface area contributed by atoms with Gasteiger partial charge in [0.05, 0.1) is 19.3 Å². The fourth-order valence-corrected chi connectivity index (χ4v) is 5.77. The first-order valence-corrected chi connectivity index (χ1v) is 11.6. The monoisotopic (exact) mass is 441 g/mol. The number of ether oxygens (including phenoxy) is 1. The molecule has 0 bridgehead atoms. The summed E-state index contributed by atoms with van der Waals surface area (Å²) in [4.78, 5) is 0. The van der Waals surface area contributed by atoms with Crippen LogP contribution < -0.4 is 14.5 Å². The molecule has 0 aromatic heterocycles. The number of aromatic hydroxyl groups is 1. The first-order valence-electron chi connectivity index (χ1n) is 10.3. The summed E-state index contributed by atoms with van der Waals surface area (Å²) in [7, 11) is 2.08. The van der Waals surface area contributed by atoms with Gasteiger partial charge in [-0.2, -0.15) is 0 Å². The van der Waals surface area contributed by atoms with Gasteiger partial charge in [0.2, 0.25) is 0 Å². The Labute approximate surface area is 186 Å². The normalized spacial score (nSPS) is 11.7. The number of phenolic OH excluding ortho intramolecular Hbond substituents is 1. The number of halogens is 1. The second-order valence-electron chi connectivity index (χ2n) is 7.28. The number of para-hydroxylation sites is 2. The highest BCUT2D eigenvalue weighted by molar-refractivity contribution is 7.48. The largest absolute Gasteiger partial charge is 0.504 e. The number of nitrogens with zero attached hydrogens (tertiary/aromatic N) is 1. The van der Waals surface area contributed by atoms with Crippen molar-refractivity contribution in [1.29, 1.82) is 0 Å². The lowest BCUT2D eigenvalue weighted by atomic mass is 9.91. The molecular formula is C25H29ClNO2P. The zero-order valence-corrected chi connectivity index (χ0v) is 19.5. The molecule has 0 fully saturated rings. The molecule has 3 aromatic carbocycles. The molecule has 3 aromatic rings. The number of anilines is 1. The summed E-state index contributed by atoms with van der Waals surface area (Å²) < 4.78 is 7.13. The lowest BCUT2D eigenvalue weighted by Crippen LogP contribution is -2.24. The average molecular weight is 442 g/mol. The van der Waals surface area contributed by atoms with Gasteiger partial charge in [0.25, 0.3) is 0 Å². The highest BCUT2D eigenvalue weighted by Crippen LogP contribution is 2.51. The molecule has 0 aliphatic heterocycles. The molecular weight excluding hydrogens is 413 g/mol. The molecule has 3 nitrogen and oxygen atoms in total. The maximum Gasteiger partial charge on any atom is 0.161 e. The van der Waals surface area contributed by atoms with Crippen molar-refractivity contribution in [3.8, 4) is 11.5 Å². The average Bonchev–Trinajstić information content (AvgIpc) is 2.79. The molecule has 158 valence electrons. The topological polar surface area (TPSA) is 32.7 Å². The third-order valence-corrected chi connectivity index (χ3v) is 8.21.